The van der Waals surface area contributed by atoms with Gasteiger partial charge in [0.25, 0.3) is 5.69 Å². The summed E-state index contributed by atoms with van der Waals surface area (Å²) >= 11 is 0. The van der Waals surface area contributed by atoms with E-state index in [1.165, 1.54) is 12.1 Å². The largest absolute Gasteiger partial charge is 0.298 e. The molecule has 3 aromatic rings. The van der Waals surface area contributed by atoms with Crippen LogP contribution in [0.5, 0.6) is 0 Å². The number of allylic oxidation sites excluding steroid dienone is 1. The van der Waals surface area contributed by atoms with Gasteiger partial charge < -0.3 is 0 Å². The lowest BCUT2D eigenvalue weighted by atomic mass is 10.1. The summed E-state index contributed by atoms with van der Waals surface area (Å²) in [6.45, 7) is 0. The number of carbonyl (C=O) groups excluding carboxylic acids is 2. The molecule has 0 N–H and O–H groups in total. The molecule has 3 aromatic carbocycles. The van der Waals surface area contributed by atoms with Gasteiger partial charge in [0.15, 0.2) is 0 Å². The van der Waals surface area contributed by atoms with Crippen molar-refractivity contribution in [3.05, 3.63) is 116 Å². The van der Waals surface area contributed by atoms with Gasteiger partial charge in [-0.2, -0.15) is 0 Å². The van der Waals surface area contributed by atoms with Crippen LogP contribution in [0.3, 0.4) is 0 Å². The molecule has 0 aliphatic rings. The van der Waals surface area contributed by atoms with Crippen LogP contribution in [0.4, 0.5) is 5.69 Å². The number of nitro benzene ring substituents is 1. The van der Waals surface area contributed by atoms with Gasteiger partial charge in [0.2, 0.25) is 0 Å². The average molecular weight is 405 g/mol. The second kappa shape index (κ2) is 10.2. The smallest absolute Gasteiger partial charge is 0.269 e. The molecule has 5 heteroatoms. The highest BCUT2D eigenvalue weighted by molar-refractivity contribution is 5.75. The van der Waals surface area contributed by atoms with Crippen LogP contribution in [0.25, 0.3) is 6.08 Å². The molecule has 0 saturated heterocycles. The molecule has 5 nitrogen and oxygen atoms in total. The Kier molecular flexibility index (Phi) is 6.87. The third kappa shape index (κ3) is 6.12. The normalized spacial score (nSPS) is 9.29. The highest BCUT2D eigenvalue weighted by Gasteiger charge is 2.03. The van der Waals surface area contributed by atoms with E-state index in [9.17, 15) is 19.7 Å². The van der Waals surface area contributed by atoms with E-state index in [4.69, 9.17) is 0 Å². The molecule has 0 unspecified atom stereocenters. The summed E-state index contributed by atoms with van der Waals surface area (Å²) in [5, 5.41) is 10.8. The van der Waals surface area contributed by atoms with E-state index in [0.29, 0.717) is 16.7 Å². The predicted octanol–water partition coefficient (Wildman–Crippen LogP) is 4.71. The Morgan fingerprint density at radius 2 is 1.10 bits per heavy atom. The van der Waals surface area contributed by atoms with Crippen molar-refractivity contribution in [3.63, 3.8) is 0 Å². The summed E-state index contributed by atoms with van der Waals surface area (Å²) < 4.78 is 0. The molecule has 0 aliphatic carbocycles. The van der Waals surface area contributed by atoms with Gasteiger partial charge in [-0.15, -0.1) is 0 Å². The standard InChI is InChI=1S/C26H15NO4/c28-18-24-9-3-20(4-10-24)1-7-22(8-2-21-5-11-25(19-29)12-6-21)17-23-13-15-26(16-14-23)27(30)31/h3-6,9-19H. The molecular formula is C26H15NO4. The molecule has 0 fully saturated rings. The van der Waals surface area contributed by atoms with E-state index in [1.54, 1.807) is 66.7 Å². The van der Waals surface area contributed by atoms with E-state index in [-0.39, 0.29) is 5.69 Å². The fraction of sp³-hybridized carbons (Fsp3) is 0. The molecule has 148 valence electrons. The van der Waals surface area contributed by atoms with Crippen LogP contribution in [0.15, 0.2) is 78.4 Å². The zero-order valence-electron chi connectivity index (χ0n) is 16.2. The van der Waals surface area contributed by atoms with E-state index in [0.717, 1.165) is 29.3 Å². The zero-order chi connectivity index (χ0) is 22.1. The second-order valence-electron chi connectivity index (χ2n) is 6.39. The van der Waals surface area contributed by atoms with Crippen molar-refractivity contribution < 1.29 is 14.5 Å². The molecule has 0 atom stereocenters. The van der Waals surface area contributed by atoms with Gasteiger partial charge in [-0.1, -0.05) is 47.9 Å². The first kappa shape index (κ1) is 21.0. The molecule has 0 aromatic heterocycles. The van der Waals surface area contributed by atoms with Crippen molar-refractivity contribution in [2.75, 3.05) is 0 Å². The van der Waals surface area contributed by atoms with Gasteiger partial charge in [0.1, 0.15) is 12.6 Å². The van der Waals surface area contributed by atoms with Gasteiger partial charge in [0.05, 0.1) is 10.5 Å². The summed E-state index contributed by atoms with van der Waals surface area (Å²) in [7, 11) is 0. The number of nitro groups is 1. The lowest BCUT2D eigenvalue weighted by Crippen LogP contribution is -1.87. The van der Waals surface area contributed by atoms with E-state index >= 15 is 0 Å². The molecular weight excluding hydrogens is 390 g/mol. The van der Waals surface area contributed by atoms with Crippen molar-refractivity contribution in [1.29, 1.82) is 0 Å². The highest BCUT2D eigenvalue weighted by atomic mass is 16.6. The Morgan fingerprint density at radius 3 is 1.48 bits per heavy atom. The lowest BCUT2D eigenvalue weighted by Gasteiger charge is -1.95. The number of benzene rings is 3. The van der Waals surface area contributed by atoms with Gasteiger partial charge >= 0.3 is 0 Å². The monoisotopic (exact) mass is 405 g/mol. The number of hydrogen-bond acceptors (Lipinski definition) is 4. The number of nitrogens with zero attached hydrogens (tertiary/aromatic N) is 1. The zero-order valence-corrected chi connectivity index (χ0v) is 16.2. The first-order valence-corrected chi connectivity index (χ1v) is 9.18. The Bertz CT molecular complexity index is 1190. The minimum Gasteiger partial charge on any atom is -0.298 e. The van der Waals surface area contributed by atoms with Crippen LogP contribution in [0.2, 0.25) is 0 Å². The van der Waals surface area contributed by atoms with Gasteiger partial charge in [-0.05, 0) is 48.0 Å². The van der Waals surface area contributed by atoms with Crippen LogP contribution < -0.4 is 0 Å². The number of rotatable bonds is 4. The molecule has 0 aliphatic heterocycles. The molecule has 0 bridgehead atoms. The Hall–Kier alpha value is -4.74. The first-order valence-electron chi connectivity index (χ1n) is 9.18. The third-order valence-corrected chi connectivity index (χ3v) is 4.19. The van der Waals surface area contributed by atoms with Crippen LogP contribution in [0.1, 0.15) is 37.4 Å². The summed E-state index contributed by atoms with van der Waals surface area (Å²) in [5.41, 5.74) is 3.79. The quantitative estimate of drug-likeness (QED) is 0.273. The van der Waals surface area contributed by atoms with Gasteiger partial charge in [-0.3, -0.25) is 19.7 Å². The number of non-ortho nitro benzene ring substituents is 1. The number of hydrogen-bond donors (Lipinski definition) is 0. The number of carbonyl (C=O) groups is 2. The average Bonchev–Trinajstić information content (AvgIpc) is 2.81. The van der Waals surface area contributed by atoms with Crippen molar-refractivity contribution in [2.24, 2.45) is 0 Å². The summed E-state index contributed by atoms with van der Waals surface area (Å²) in [6.07, 6.45) is 3.26. The fourth-order valence-electron chi connectivity index (χ4n) is 2.53. The van der Waals surface area contributed by atoms with Crippen LogP contribution >= 0.6 is 0 Å². The van der Waals surface area contributed by atoms with Crippen LogP contribution in [-0.2, 0) is 0 Å². The maximum atomic E-state index is 10.8. The highest BCUT2D eigenvalue weighted by Crippen LogP contribution is 2.14. The molecule has 31 heavy (non-hydrogen) atoms. The topological polar surface area (TPSA) is 77.3 Å². The maximum Gasteiger partial charge on any atom is 0.269 e. The van der Waals surface area contributed by atoms with Crippen LogP contribution in [0, 0.1) is 33.8 Å². The lowest BCUT2D eigenvalue weighted by molar-refractivity contribution is -0.384. The third-order valence-electron chi connectivity index (χ3n) is 4.19. The molecule has 3 rings (SSSR count). The molecule has 0 heterocycles. The van der Waals surface area contributed by atoms with Crippen molar-refractivity contribution in [2.45, 2.75) is 0 Å². The molecule has 0 amide bonds. The Balaban J connectivity index is 1.95. The minimum absolute atomic E-state index is 0.00130. The molecule has 0 radical (unpaired) electrons. The van der Waals surface area contributed by atoms with Gasteiger partial charge in [0, 0.05) is 34.4 Å². The maximum absolute atomic E-state index is 10.8. The molecule has 0 spiro atoms. The van der Waals surface area contributed by atoms with E-state index in [1.807, 2.05) is 0 Å². The van der Waals surface area contributed by atoms with Crippen molar-refractivity contribution >= 4 is 24.3 Å². The SMILES string of the molecule is O=Cc1ccc(C#CC(C#Cc2ccc(C=O)cc2)=Cc2ccc([N+](=O)[O-])cc2)cc1. The van der Waals surface area contributed by atoms with Crippen molar-refractivity contribution in [1.82, 2.24) is 0 Å². The van der Waals surface area contributed by atoms with Gasteiger partial charge in [-0.25, -0.2) is 0 Å². The Labute approximate surface area is 179 Å². The minimum atomic E-state index is -0.458. The summed E-state index contributed by atoms with van der Waals surface area (Å²) in [5.74, 6) is 12.0. The predicted molar refractivity (Wildman–Crippen MR) is 118 cm³/mol. The second-order valence-corrected chi connectivity index (χ2v) is 6.39. The summed E-state index contributed by atoms with van der Waals surface area (Å²) in [4.78, 5) is 32.0. The van der Waals surface area contributed by atoms with Crippen molar-refractivity contribution in [3.8, 4) is 23.7 Å². The number of aldehydes is 2. The Morgan fingerprint density at radius 1 is 0.677 bits per heavy atom. The van der Waals surface area contributed by atoms with Crippen LogP contribution in [-0.4, -0.2) is 17.5 Å². The van der Waals surface area contributed by atoms with E-state index in [2.05, 4.69) is 23.7 Å². The summed E-state index contributed by atoms with van der Waals surface area (Å²) in [6, 6.07) is 19.8. The molecule has 0 saturated carbocycles. The fourth-order valence-corrected chi connectivity index (χ4v) is 2.53. The van der Waals surface area contributed by atoms with E-state index < -0.39 is 4.92 Å². The first-order chi connectivity index (χ1) is 15.1.